The molecule has 1 N–H and O–H groups in total. The van der Waals surface area contributed by atoms with Crippen molar-refractivity contribution in [3.05, 3.63) is 0 Å². The lowest BCUT2D eigenvalue weighted by Crippen LogP contribution is -2.53. The number of hydrazine groups is 1. The van der Waals surface area contributed by atoms with E-state index >= 15 is 0 Å². The normalized spacial score (nSPS) is 25.8. The fourth-order valence-electron chi connectivity index (χ4n) is 1.98. The predicted octanol–water partition coefficient (Wildman–Crippen LogP) is -0.446. The monoisotopic (exact) mass is 249 g/mol. The lowest BCUT2D eigenvalue weighted by atomic mass is 10.2. The summed E-state index contributed by atoms with van der Waals surface area (Å²) in [6, 6.07) is 0. The summed E-state index contributed by atoms with van der Waals surface area (Å²) in [5.41, 5.74) is 0. The van der Waals surface area contributed by atoms with Gasteiger partial charge in [-0.25, -0.2) is 5.01 Å². The Morgan fingerprint density at radius 2 is 1.56 bits per heavy atom. The molecule has 0 saturated carbocycles. The van der Waals surface area contributed by atoms with Crippen LogP contribution in [0.15, 0.2) is 0 Å². The van der Waals surface area contributed by atoms with Crippen LogP contribution in [0.1, 0.15) is 19.3 Å². The van der Waals surface area contributed by atoms with Gasteiger partial charge in [0.05, 0.1) is 13.2 Å². The largest absolute Gasteiger partial charge is 0.379 e. The van der Waals surface area contributed by atoms with E-state index in [-0.39, 0.29) is 0 Å². The van der Waals surface area contributed by atoms with Gasteiger partial charge in [0.15, 0.2) is 0 Å². The Morgan fingerprint density at radius 1 is 0.938 bits per heavy atom. The molecule has 0 unspecified atom stereocenters. The van der Waals surface area contributed by atoms with Crippen LogP contribution < -0.4 is 4.83 Å². The first-order chi connectivity index (χ1) is 7.68. The first kappa shape index (κ1) is 12.3. The third-order valence-electron chi connectivity index (χ3n) is 2.91. The third-order valence-corrected chi connectivity index (χ3v) is 4.44. The van der Waals surface area contributed by atoms with E-state index in [0.717, 1.165) is 19.3 Å². The molecule has 0 atom stereocenters. The fraction of sp³-hybridized carbons (Fsp3) is 1.00. The molecule has 0 aromatic rings. The fourth-order valence-corrected chi connectivity index (χ4v) is 3.34. The molecule has 0 bridgehead atoms. The Bertz CT molecular complexity index is 308. The van der Waals surface area contributed by atoms with E-state index in [1.165, 1.54) is 4.31 Å². The molecule has 7 heteroatoms. The van der Waals surface area contributed by atoms with Gasteiger partial charge in [-0.05, 0) is 12.8 Å². The number of hydrogen-bond acceptors (Lipinski definition) is 4. The second kappa shape index (κ2) is 5.42. The average molecular weight is 249 g/mol. The van der Waals surface area contributed by atoms with Crippen LogP contribution in [-0.4, -0.2) is 57.1 Å². The van der Waals surface area contributed by atoms with Crippen LogP contribution in [0.4, 0.5) is 0 Å². The van der Waals surface area contributed by atoms with Gasteiger partial charge in [0.25, 0.3) is 10.2 Å². The molecule has 0 aliphatic carbocycles. The summed E-state index contributed by atoms with van der Waals surface area (Å²) in [7, 11) is -3.33. The number of ether oxygens (including phenoxy) is 1. The van der Waals surface area contributed by atoms with Crippen molar-refractivity contribution in [1.29, 1.82) is 0 Å². The van der Waals surface area contributed by atoms with E-state index in [1.54, 1.807) is 5.01 Å². The van der Waals surface area contributed by atoms with Crippen molar-refractivity contribution in [2.45, 2.75) is 19.3 Å². The van der Waals surface area contributed by atoms with Crippen LogP contribution in [0.5, 0.6) is 0 Å². The van der Waals surface area contributed by atoms with E-state index in [1.807, 2.05) is 0 Å². The van der Waals surface area contributed by atoms with Crippen LogP contribution >= 0.6 is 0 Å². The highest BCUT2D eigenvalue weighted by atomic mass is 32.2. The molecule has 2 aliphatic heterocycles. The molecule has 0 radical (unpaired) electrons. The molecular formula is C9H19N3O3S. The standard InChI is InChI=1S/C9H19N3O3S/c13-16(14,12-4-2-1-3-5-12)10-11-6-8-15-9-7-11/h10H,1-9H2. The maximum atomic E-state index is 12.0. The van der Waals surface area contributed by atoms with Crippen molar-refractivity contribution in [3.63, 3.8) is 0 Å². The quantitative estimate of drug-likeness (QED) is 0.736. The van der Waals surface area contributed by atoms with Crippen molar-refractivity contribution in [3.8, 4) is 0 Å². The Morgan fingerprint density at radius 3 is 2.19 bits per heavy atom. The first-order valence-electron chi connectivity index (χ1n) is 5.79. The van der Waals surface area contributed by atoms with E-state index in [0.29, 0.717) is 39.4 Å². The minimum atomic E-state index is -3.33. The maximum Gasteiger partial charge on any atom is 0.292 e. The van der Waals surface area contributed by atoms with E-state index in [9.17, 15) is 8.42 Å². The molecule has 16 heavy (non-hydrogen) atoms. The zero-order chi connectivity index (χ0) is 11.4. The number of rotatable bonds is 3. The van der Waals surface area contributed by atoms with Crippen molar-refractivity contribution < 1.29 is 13.2 Å². The number of piperidine rings is 1. The summed E-state index contributed by atoms with van der Waals surface area (Å²) in [4.78, 5) is 2.62. The van der Waals surface area contributed by atoms with Gasteiger partial charge in [0.1, 0.15) is 0 Å². The molecule has 0 amide bonds. The Labute approximate surface area is 96.7 Å². The Kier molecular flexibility index (Phi) is 4.15. The molecule has 2 saturated heterocycles. The summed E-state index contributed by atoms with van der Waals surface area (Å²) >= 11 is 0. The highest BCUT2D eigenvalue weighted by Crippen LogP contribution is 2.12. The van der Waals surface area contributed by atoms with Gasteiger partial charge in [0.2, 0.25) is 0 Å². The zero-order valence-electron chi connectivity index (χ0n) is 9.39. The number of nitrogens with zero attached hydrogens (tertiary/aromatic N) is 2. The molecule has 0 aromatic carbocycles. The van der Waals surface area contributed by atoms with Gasteiger partial charge in [-0.1, -0.05) is 6.42 Å². The maximum absolute atomic E-state index is 12.0. The van der Waals surface area contributed by atoms with Crippen LogP contribution in [0, 0.1) is 0 Å². The van der Waals surface area contributed by atoms with Gasteiger partial charge in [-0.2, -0.15) is 12.7 Å². The van der Waals surface area contributed by atoms with Crippen molar-refractivity contribution in [2.24, 2.45) is 0 Å². The van der Waals surface area contributed by atoms with E-state index in [2.05, 4.69) is 4.83 Å². The molecule has 0 spiro atoms. The van der Waals surface area contributed by atoms with Gasteiger partial charge in [0, 0.05) is 26.2 Å². The molecule has 6 nitrogen and oxygen atoms in total. The van der Waals surface area contributed by atoms with E-state index < -0.39 is 10.2 Å². The summed E-state index contributed by atoms with van der Waals surface area (Å²) in [5, 5.41) is 1.72. The zero-order valence-corrected chi connectivity index (χ0v) is 10.2. The third kappa shape index (κ3) is 3.14. The molecular weight excluding hydrogens is 230 g/mol. The first-order valence-corrected chi connectivity index (χ1v) is 7.23. The summed E-state index contributed by atoms with van der Waals surface area (Å²) in [5.74, 6) is 0. The molecule has 2 aliphatic rings. The lowest BCUT2D eigenvalue weighted by molar-refractivity contribution is 0.0260. The van der Waals surface area contributed by atoms with Crippen LogP contribution in [0.2, 0.25) is 0 Å². The molecule has 94 valence electrons. The van der Waals surface area contributed by atoms with Gasteiger partial charge >= 0.3 is 0 Å². The van der Waals surface area contributed by atoms with Crippen LogP contribution in [-0.2, 0) is 14.9 Å². The highest BCUT2D eigenvalue weighted by Gasteiger charge is 2.26. The smallest absolute Gasteiger partial charge is 0.292 e. The van der Waals surface area contributed by atoms with Gasteiger partial charge < -0.3 is 4.74 Å². The number of hydrogen-bond donors (Lipinski definition) is 1. The second-order valence-corrected chi connectivity index (χ2v) is 5.80. The minimum absolute atomic E-state index is 0.586. The lowest BCUT2D eigenvalue weighted by Gasteiger charge is -2.31. The van der Waals surface area contributed by atoms with Crippen molar-refractivity contribution in [1.82, 2.24) is 14.1 Å². The number of nitrogens with one attached hydrogen (secondary N) is 1. The highest BCUT2D eigenvalue weighted by molar-refractivity contribution is 7.87. The van der Waals surface area contributed by atoms with Crippen LogP contribution in [0.3, 0.4) is 0 Å². The van der Waals surface area contributed by atoms with Crippen molar-refractivity contribution in [2.75, 3.05) is 39.4 Å². The predicted molar refractivity (Wildman–Crippen MR) is 59.9 cm³/mol. The molecule has 2 heterocycles. The molecule has 0 aromatic heterocycles. The van der Waals surface area contributed by atoms with Gasteiger partial charge in [-0.3, -0.25) is 0 Å². The molecule has 2 rings (SSSR count). The summed E-state index contributed by atoms with van der Waals surface area (Å²) in [6.45, 7) is 3.69. The Hall–Kier alpha value is -0.210. The van der Waals surface area contributed by atoms with E-state index in [4.69, 9.17) is 4.74 Å². The minimum Gasteiger partial charge on any atom is -0.379 e. The molecule has 2 fully saturated rings. The summed E-state index contributed by atoms with van der Waals surface area (Å²) < 4.78 is 30.7. The summed E-state index contributed by atoms with van der Waals surface area (Å²) in [6.07, 6.45) is 3.05. The van der Waals surface area contributed by atoms with Gasteiger partial charge in [-0.15, -0.1) is 4.83 Å². The SMILES string of the molecule is O=S(=O)(NN1CCOCC1)N1CCCCC1. The van der Waals surface area contributed by atoms with Crippen LogP contribution in [0.25, 0.3) is 0 Å². The van der Waals surface area contributed by atoms with Crippen molar-refractivity contribution >= 4 is 10.2 Å². The Balaban J connectivity index is 1.90. The number of morpholine rings is 1. The average Bonchev–Trinajstić information content (AvgIpc) is 2.31. The second-order valence-electron chi connectivity index (χ2n) is 4.16. The topological polar surface area (TPSA) is 61.9 Å².